The molecule has 0 bridgehead atoms. The van der Waals surface area contributed by atoms with Gasteiger partial charge < -0.3 is 10.2 Å². The van der Waals surface area contributed by atoms with Crippen LogP contribution in [-0.2, 0) is 0 Å². The van der Waals surface area contributed by atoms with Gasteiger partial charge in [-0.15, -0.1) is 12.4 Å². The molecular formula is C14H18ClN3. The third-order valence-corrected chi connectivity index (χ3v) is 3.33. The third-order valence-electron chi connectivity index (χ3n) is 3.33. The lowest BCUT2D eigenvalue weighted by molar-refractivity contribution is 0.590. The van der Waals surface area contributed by atoms with Crippen LogP contribution in [0.2, 0.25) is 0 Å². The van der Waals surface area contributed by atoms with Gasteiger partial charge in [0.25, 0.3) is 0 Å². The summed E-state index contributed by atoms with van der Waals surface area (Å²) in [4.78, 5) is 6.88. The SMILES string of the molecule is Cc1ccc2nccc(N3CCNCC3)c2c1.Cl. The van der Waals surface area contributed by atoms with E-state index in [9.17, 15) is 0 Å². The molecule has 0 saturated carbocycles. The predicted octanol–water partition coefficient (Wildman–Crippen LogP) is 2.37. The number of piperazine rings is 1. The molecule has 4 heteroatoms. The van der Waals surface area contributed by atoms with Crippen LogP contribution in [0.4, 0.5) is 5.69 Å². The Kier molecular flexibility index (Phi) is 4.04. The second-order valence-electron chi connectivity index (χ2n) is 4.59. The first-order chi connectivity index (χ1) is 8.34. The van der Waals surface area contributed by atoms with E-state index < -0.39 is 0 Å². The van der Waals surface area contributed by atoms with Crippen LogP contribution >= 0.6 is 12.4 Å². The van der Waals surface area contributed by atoms with Gasteiger partial charge in [0, 0.05) is 43.4 Å². The summed E-state index contributed by atoms with van der Waals surface area (Å²) in [7, 11) is 0. The first-order valence-corrected chi connectivity index (χ1v) is 6.16. The van der Waals surface area contributed by atoms with Crippen molar-refractivity contribution in [2.24, 2.45) is 0 Å². The first kappa shape index (κ1) is 13.1. The number of anilines is 1. The molecule has 0 radical (unpaired) electrons. The number of aromatic nitrogens is 1. The zero-order valence-electron chi connectivity index (χ0n) is 10.5. The molecule has 0 unspecified atom stereocenters. The molecular weight excluding hydrogens is 246 g/mol. The van der Waals surface area contributed by atoms with Gasteiger partial charge in [0.05, 0.1) is 5.52 Å². The Balaban J connectivity index is 0.00000120. The van der Waals surface area contributed by atoms with Crippen molar-refractivity contribution in [3.05, 3.63) is 36.0 Å². The minimum absolute atomic E-state index is 0. The molecule has 0 amide bonds. The van der Waals surface area contributed by atoms with E-state index in [-0.39, 0.29) is 12.4 Å². The maximum absolute atomic E-state index is 4.44. The Hall–Kier alpha value is -1.32. The van der Waals surface area contributed by atoms with E-state index in [2.05, 4.69) is 46.4 Å². The molecule has 3 rings (SSSR count). The topological polar surface area (TPSA) is 28.2 Å². The lowest BCUT2D eigenvalue weighted by Crippen LogP contribution is -2.43. The average Bonchev–Trinajstić information content (AvgIpc) is 2.39. The van der Waals surface area contributed by atoms with E-state index >= 15 is 0 Å². The third kappa shape index (κ3) is 2.42. The fourth-order valence-corrected chi connectivity index (χ4v) is 2.43. The van der Waals surface area contributed by atoms with E-state index in [0.717, 1.165) is 31.7 Å². The van der Waals surface area contributed by atoms with Crippen molar-refractivity contribution in [1.82, 2.24) is 10.3 Å². The zero-order chi connectivity index (χ0) is 11.7. The Morgan fingerprint density at radius 1 is 1.17 bits per heavy atom. The van der Waals surface area contributed by atoms with E-state index in [1.54, 1.807) is 0 Å². The fourth-order valence-electron chi connectivity index (χ4n) is 2.43. The summed E-state index contributed by atoms with van der Waals surface area (Å²) in [5, 5.41) is 4.66. The predicted molar refractivity (Wildman–Crippen MR) is 78.8 cm³/mol. The molecule has 18 heavy (non-hydrogen) atoms. The second kappa shape index (κ2) is 5.55. The minimum Gasteiger partial charge on any atom is -0.368 e. The summed E-state index contributed by atoms with van der Waals surface area (Å²) in [6, 6.07) is 8.60. The highest BCUT2D eigenvalue weighted by molar-refractivity contribution is 5.92. The van der Waals surface area contributed by atoms with Gasteiger partial charge in [-0.2, -0.15) is 0 Å². The fraction of sp³-hybridized carbons (Fsp3) is 0.357. The Bertz CT molecular complexity index is 536. The maximum Gasteiger partial charge on any atom is 0.0722 e. The number of aryl methyl sites for hydroxylation is 1. The average molecular weight is 264 g/mol. The standard InChI is InChI=1S/C14H17N3.ClH/c1-11-2-3-13-12(10-11)14(4-5-16-13)17-8-6-15-7-9-17;/h2-5,10,15H,6-9H2,1H3;1H. The number of nitrogens with one attached hydrogen (secondary N) is 1. The monoisotopic (exact) mass is 263 g/mol. The van der Waals surface area contributed by atoms with Crippen molar-refractivity contribution in [2.45, 2.75) is 6.92 Å². The molecule has 3 nitrogen and oxygen atoms in total. The first-order valence-electron chi connectivity index (χ1n) is 6.16. The van der Waals surface area contributed by atoms with Crippen molar-refractivity contribution >= 4 is 29.0 Å². The molecule has 1 aromatic heterocycles. The number of hydrogen-bond donors (Lipinski definition) is 1. The van der Waals surface area contributed by atoms with Gasteiger partial charge >= 0.3 is 0 Å². The molecule has 1 saturated heterocycles. The Labute approximate surface area is 114 Å². The van der Waals surface area contributed by atoms with Crippen LogP contribution in [0.25, 0.3) is 10.9 Å². The molecule has 1 N–H and O–H groups in total. The number of rotatable bonds is 1. The lowest BCUT2D eigenvalue weighted by atomic mass is 10.1. The molecule has 0 spiro atoms. The van der Waals surface area contributed by atoms with Crippen molar-refractivity contribution in [3.8, 4) is 0 Å². The van der Waals surface area contributed by atoms with Crippen molar-refractivity contribution in [2.75, 3.05) is 31.1 Å². The van der Waals surface area contributed by atoms with Crippen LogP contribution in [0.3, 0.4) is 0 Å². The normalized spacial score (nSPS) is 15.5. The van der Waals surface area contributed by atoms with Gasteiger partial charge in [-0.3, -0.25) is 4.98 Å². The van der Waals surface area contributed by atoms with Crippen molar-refractivity contribution in [1.29, 1.82) is 0 Å². The minimum atomic E-state index is 0. The van der Waals surface area contributed by atoms with E-state index in [1.807, 2.05) is 6.20 Å². The van der Waals surface area contributed by atoms with Crippen LogP contribution < -0.4 is 10.2 Å². The van der Waals surface area contributed by atoms with Gasteiger partial charge in [-0.1, -0.05) is 11.6 Å². The molecule has 0 aliphatic carbocycles. The molecule has 1 fully saturated rings. The van der Waals surface area contributed by atoms with Gasteiger partial charge in [-0.05, 0) is 25.1 Å². The maximum atomic E-state index is 4.44. The summed E-state index contributed by atoms with van der Waals surface area (Å²) < 4.78 is 0. The zero-order valence-corrected chi connectivity index (χ0v) is 11.3. The number of fused-ring (bicyclic) bond motifs is 1. The molecule has 2 heterocycles. The summed E-state index contributed by atoms with van der Waals surface area (Å²) in [5.41, 5.74) is 3.70. The lowest BCUT2D eigenvalue weighted by Gasteiger charge is -2.30. The van der Waals surface area contributed by atoms with Crippen molar-refractivity contribution < 1.29 is 0 Å². The van der Waals surface area contributed by atoms with E-state index in [4.69, 9.17) is 0 Å². The summed E-state index contributed by atoms with van der Waals surface area (Å²) in [6.07, 6.45) is 1.91. The number of benzene rings is 1. The quantitative estimate of drug-likeness (QED) is 0.856. The molecule has 1 aliphatic rings. The molecule has 2 aromatic rings. The van der Waals surface area contributed by atoms with Crippen LogP contribution in [0.5, 0.6) is 0 Å². The summed E-state index contributed by atoms with van der Waals surface area (Å²) in [5.74, 6) is 0. The number of pyridine rings is 1. The van der Waals surface area contributed by atoms with Crippen molar-refractivity contribution in [3.63, 3.8) is 0 Å². The molecule has 0 atom stereocenters. The van der Waals surface area contributed by atoms with Crippen LogP contribution in [-0.4, -0.2) is 31.2 Å². The largest absolute Gasteiger partial charge is 0.368 e. The molecule has 1 aromatic carbocycles. The highest BCUT2D eigenvalue weighted by Crippen LogP contribution is 2.26. The highest BCUT2D eigenvalue weighted by Gasteiger charge is 2.13. The van der Waals surface area contributed by atoms with Gasteiger partial charge in [0.1, 0.15) is 0 Å². The molecule has 1 aliphatic heterocycles. The molecule has 96 valence electrons. The smallest absolute Gasteiger partial charge is 0.0722 e. The number of halogens is 1. The van der Waals surface area contributed by atoms with Crippen LogP contribution in [0.1, 0.15) is 5.56 Å². The van der Waals surface area contributed by atoms with E-state index in [0.29, 0.717) is 0 Å². The highest BCUT2D eigenvalue weighted by atomic mass is 35.5. The number of hydrogen-bond acceptors (Lipinski definition) is 3. The summed E-state index contributed by atoms with van der Waals surface area (Å²) in [6.45, 7) is 6.42. The van der Waals surface area contributed by atoms with Gasteiger partial charge in [-0.25, -0.2) is 0 Å². The van der Waals surface area contributed by atoms with E-state index in [1.165, 1.54) is 16.6 Å². The number of nitrogens with zero attached hydrogens (tertiary/aromatic N) is 2. The Morgan fingerprint density at radius 2 is 1.94 bits per heavy atom. The van der Waals surface area contributed by atoms with Gasteiger partial charge in [0.2, 0.25) is 0 Å². The van der Waals surface area contributed by atoms with Crippen LogP contribution in [0.15, 0.2) is 30.5 Å². The second-order valence-corrected chi connectivity index (χ2v) is 4.59. The van der Waals surface area contributed by atoms with Crippen LogP contribution in [0, 0.1) is 6.92 Å². The Morgan fingerprint density at radius 3 is 2.72 bits per heavy atom. The summed E-state index contributed by atoms with van der Waals surface area (Å²) >= 11 is 0. The van der Waals surface area contributed by atoms with Gasteiger partial charge in [0.15, 0.2) is 0 Å².